The number of carbonyl (C=O) groups excluding carboxylic acids is 1. The van der Waals surface area contributed by atoms with E-state index in [-0.39, 0.29) is 6.03 Å². The first kappa shape index (κ1) is 8.68. The summed E-state index contributed by atoms with van der Waals surface area (Å²) in [5.74, 6) is 0. The molecule has 5 heteroatoms. The van der Waals surface area contributed by atoms with Crippen LogP contribution < -0.4 is 9.13 Å². The van der Waals surface area contributed by atoms with E-state index in [2.05, 4.69) is 0 Å². The number of aryl methyl sites for hydroxylation is 2. The van der Waals surface area contributed by atoms with Crippen LogP contribution in [0, 0.1) is 0 Å². The van der Waals surface area contributed by atoms with Gasteiger partial charge in [-0.05, 0) is 0 Å². The zero-order valence-electron chi connectivity index (χ0n) is 8.16. The second-order valence-electron chi connectivity index (χ2n) is 3.26. The molecule has 5 nitrogen and oxygen atoms in total. The fourth-order valence-corrected chi connectivity index (χ4v) is 1.26. The van der Waals surface area contributed by atoms with Gasteiger partial charge in [-0.25, -0.2) is 4.57 Å². The minimum atomic E-state index is -0.0915. The van der Waals surface area contributed by atoms with E-state index < -0.39 is 0 Å². The molecule has 0 fully saturated rings. The smallest absolute Gasteiger partial charge is 0.314 e. The predicted molar refractivity (Wildman–Crippen MR) is 47.4 cm³/mol. The molecule has 0 bridgehead atoms. The molecule has 0 aliphatic carbocycles. The summed E-state index contributed by atoms with van der Waals surface area (Å²) in [6.45, 7) is 0. The first-order valence-electron chi connectivity index (χ1n) is 4.28. The molecule has 0 unspecified atom stereocenters. The van der Waals surface area contributed by atoms with Crippen molar-refractivity contribution in [2.45, 2.75) is 0 Å². The van der Waals surface area contributed by atoms with E-state index in [0.717, 1.165) is 0 Å². The van der Waals surface area contributed by atoms with Crippen molar-refractivity contribution in [3.63, 3.8) is 0 Å². The van der Waals surface area contributed by atoms with E-state index in [1.54, 1.807) is 25.0 Å². The summed E-state index contributed by atoms with van der Waals surface area (Å²) in [6, 6.07) is -0.0915. The number of carbonyl (C=O) groups is 1. The molecular formula is C9H12N4O+2. The van der Waals surface area contributed by atoms with Crippen molar-refractivity contribution in [3.8, 4) is 0 Å². The van der Waals surface area contributed by atoms with Gasteiger partial charge in [-0.15, -0.1) is 4.57 Å². The molecule has 0 saturated carbocycles. The summed E-state index contributed by atoms with van der Waals surface area (Å²) < 4.78 is 6.70. The van der Waals surface area contributed by atoms with Crippen molar-refractivity contribution >= 4 is 6.03 Å². The van der Waals surface area contributed by atoms with Crippen LogP contribution in [-0.2, 0) is 14.1 Å². The Morgan fingerprint density at radius 3 is 1.71 bits per heavy atom. The average Bonchev–Trinajstić information content (AvgIpc) is 2.73. The average molecular weight is 192 g/mol. The minimum absolute atomic E-state index is 0.0915. The highest BCUT2D eigenvalue weighted by atomic mass is 16.2. The molecular weight excluding hydrogens is 180 g/mol. The maximum absolute atomic E-state index is 11.8. The van der Waals surface area contributed by atoms with Gasteiger partial charge in [0, 0.05) is 7.05 Å². The first-order chi connectivity index (χ1) is 6.66. The monoisotopic (exact) mass is 192 g/mol. The molecule has 2 aromatic rings. The maximum Gasteiger partial charge on any atom is 0.570 e. The van der Waals surface area contributed by atoms with E-state index >= 15 is 0 Å². The third kappa shape index (κ3) is 1.44. The minimum Gasteiger partial charge on any atom is -0.314 e. The van der Waals surface area contributed by atoms with E-state index in [1.165, 1.54) is 9.13 Å². The lowest BCUT2D eigenvalue weighted by Crippen LogP contribution is -2.58. The van der Waals surface area contributed by atoms with Crippen molar-refractivity contribution in [2.75, 3.05) is 0 Å². The Balaban J connectivity index is 2.33. The van der Waals surface area contributed by atoms with Gasteiger partial charge in [-0.2, -0.15) is 4.79 Å². The van der Waals surface area contributed by atoms with Crippen LogP contribution in [0.5, 0.6) is 0 Å². The van der Waals surface area contributed by atoms with Crippen molar-refractivity contribution < 1.29 is 13.9 Å². The second-order valence-corrected chi connectivity index (χ2v) is 3.26. The lowest BCUT2D eigenvalue weighted by Gasteiger charge is -1.84. The molecule has 14 heavy (non-hydrogen) atoms. The number of hydrogen-bond donors (Lipinski definition) is 0. The summed E-state index contributed by atoms with van der Waals surface area (Å²) in [4.78, 5) is 11.8. The molecule has 2 aromatic heterocycles. The largest absolute Gasteiger partial charge is 0.570 e. The van der Waals surface area contributed by atoms with Gasteiger partial charge < -0.3 is 4.57 Å². The summed E-state index contributed by atoms with van der Waals surface area (Å²) in [7, 11) is 3.75. The molecule has 2 heterocycles. The first-order valence-corrected chi connectivity index (χ1v) is 4.28. The predicted octanol–water partition coefficient (Wildman–Crippen LogP) is -0.545. The lowest BCUT2D eigenvalue weighted by molar-refractivity contribution is -0.720. The summed E-state index contributed by atoms with van der Waals surface area (Å²) in [5, 5.41) is 0. The fraction of sp³-hybridized carbons (Fsp3) is 0.222. The Kier molecular flexibility index (Phi) is 1.92. The molecule has 0 N–H and O–H groups in total. The van der Waals surface area contributed by atoms with Crippen LogP contribution in [-0.4, -0.2) is 15.2 Å². The maximum atomic E-state index is 11.8. The van der Waals surface area contributed by atoms with Crippen LogP contribution in [0.2, 0.25) is 0 Å². The van der Waals surface area contributed by atoms with Gasteiger partial charge in [-0.1, -0.05) is 4.57 Å². The molecule has 2 rings (SSSR count). The van der Waals surface area contributed by atoms with Crippen LogP contribution in [0.25, 0.3) is 0 Å². The van der Waals surface area contributed by atoms with Gasteiger partial charge in [0.1, 0.15) is 13.2 Å². The van der Waals surface area contributed by atoms with Gasteiger partial charge >= 0.3 is 12.4 Å². The fourth-order valence-electron chi connectivity index (χ4n) is 1.26. The van der Waals surface area contributed by atoms with Gasteiger partial charge in [0.05, 0.1) is 6.20 Å². The Labute approximate surface area is 81.4 Å². The number of rotatable bonds is 0. The molecule has 0 amide bonds. The van der Waals surface area contributed by atoms with Crippen LogP contribution in [0.15, 0.2) is 37.4 Å². The zero-order valence-corrected chi connectivity index (χ0v) is 8.16. The highest BCUT2D eigenvalue weighted by Gasteiger charge is 2.22. The Hall–Kier alpha value is -1.91. The summed E-state index contributed by atoms with van der Waals surface area (Å²) >= 11 is 0. The Bertz CT molecular complexity index is 426. The zero-order chi connectivity index (χ0) is 10.1. The van der Waals surface area contributed by atoms with Crippen LogP contribution in [0.1, 0.15) is 0 Å². The normalized spacial score (nSPS) is 10.4. The number of nitrogens with zero attached hydrogens (tertiary/aromatic N) is 4. The quantitative estimate of drug-likeness (QED) is 0.516. The highest BCUT2D eigenvalue weighted by molar-refractivity contribution is 5.53. The molecule has 0 aliphatic rings. The van der Waals surface area contributed by atoms with Crippen LogP contribution in [0.4, 0.5) is 4.79 Å². The van der Waals surface area contributed by atoms with Crippen molar-refractivity contribution in [1.29, 1.82) is 0 Å². The number of aromatic nitrogens is 4. The highest BCUT2D eigenvalue weighted by Crippen LogP contribution is 1.79. The number of hydrogen-bond acceptors (Lipinski definition) is 1. The van der Waals surface area contributed by atoms with Gasteiger partial charge in [0.15, 0.2) is 12.4 Å². The Morgan fingerprint density at radius 1 is 1.00 bits per heavy atom. The lowest BCUT2D eigenvalue weighted by atomic mass is 10.8. The summed E-state index contributed by atoms with van der Waals surface area (Å²) in [5.41, 5.74) is 0. The molecule has 0 saturated heterocycles. The van der Waals surface area contributed by atoms with Crippen molar-refractivity contribution in [3.05, 3.63) is 37.4 Å². The Morgan fingerprint density at radius 2 is 1.43 bits per heavy atom. The molecule has 0 spiro atoms. The molecule has 0 aromatic carbocycles. The van der Waals surface area contributed by atoms with E-state index in [9.17, 15) is 4.79 Å². The SMILES string of the molecule is Cn1cc[n+](C(=O)[n+]2ccn(C)c2)c1. The van der Waals surface area contributed by atoms with E-state index in [0.29, 0.717) is 0 Å². The third-order valence-corrected chi connectivity index (χ3v) is 1.98. The van der Waals surface area contributed by atoms with E-state index in [1.807, 2.05) is 35.6 Å². The topological polar surface area (TPSA) is 34.7 Å². The second kappa shape index (κ2) is 3.10. The van der Waals surface area contributed by atoms with Crippen molar-refractivity contribution in [2.24, 2.45) is 14.1 Å². The number of imidazole rings is 2. The van der Waals surface area contributed by atoms with Gasteiger partial charge in [0.2, 0.25) is 6.33 Å². The standard InChI is InChI=1S/C9H12N4O/c1-10-3-5-12(7-10)9(14)13-6-4-11(2)8-13/h3-8H,1-2H3/q+2. The van der Waals surface area contributed by atoms with Crippen LogP contribution >= 0.6 is 0 Å². The molecule has 0 aliphatic heterocycles. The van der Waals surface area contributed by atoms with Gasteiger partial charge in [-0.3, -0.25) is 0 Å². The molecule has 72 valence electrons. The van der Waals surface area contributed by atoms with E-state index in [4.69, 9.17) is 0 Å². The van der Waals surface area contributed by atoms with Crippen LogP contribution in [0.3, 0.4) is 0 Å². The van der Waals surface area contributed by atoms with Crippen molar-refractivity contribution in [1.82, 2.24) is 9.13 Å². The van der Waals surface area contributed by atoms with Gasteiger partial charge in [0.25, 0.3) is 0 Å². The molecule has 0 radical (unpaired) electrons. The summed E-state index contributed by atoms with van der Waals surface area (Å²) in [6.07, 6.45) is 10.5. The third-order valence-electron chi connectivity index (χ3n) is 1.98. The molecule has 0 atom stereocenters.